The fourth-order valence-corrected chi connectivity index (χ4v) is 3.25. The summed E-state index contributed by atoms with van der Waals surface area (Å²) in [6.07, 6.45) is 1.92. The van der Waals surface area contributed by atoms with E-state index in [0.29, 0.717) is 11.1 Å². The number of piperazine rings is 1. The largest absolute Gasteiger partial charge is 0.369 e. The fourth-order valence-electron chi connectivity index (χ4n) is 2.73. The van der Waals surface area contributed by atoms with E-state index < -0.39 is 0 Å². The van der Waals surface area contributed by atoms with Crippen LogP contribution in [0.15, 0.2) is 28.3 Å². The summed E-state index contributed by atoms with van der Waals surface area (Å²) in [7, 11) is 2.17. The predicted molar refractivity (Wildman–Crippen MR) is 114 cm³/mol. The minimum Gasteiger partial charge on any atom is -0.369 e. The molecule has 0 saturated carbocycles. The average Bonchev–Trinajstić information content (AvgIpc) is 2.61. The first-order valence-corrected chi connectivity index (χ1v) is 9.80. The second-order valence-electron chi connectivity index (χ2n) is 6.10. The number of nitrogens with one attached hydrogen (secondary N) is 1. The van der Waals surface area contributed by atoms with Gasteiger partial charge in [-0.25, -0.2) is 9.97 Å². The van der Waals surface area contributed by atoms with Crippen LogP contribution in [0, 0.1) is 6.92 Å². The highest BCUT2D eigenvalue weighted by atomic mass is 127. The zero-order chi connectivity index (χ0) is 17.8. The molecular weight excluding hydrogens is 449 g/mol. The Bertz CT molecular complexity index is 755. The van der Waals surface area contributed by atoms with Crippen molar-refractivity contribution in [2.24, 2.45) is 0 Å². The Morgan fingerprint density at radius 2 is 1.80 bits per heavy atom. The summed E-state index contributed by atoms with van der Waals surface area (Å²) in [5, 5.41) is 3.71. The molecule has 0 radical (unpaired) electrons. The topological polar surface area (TPSA) is 44.3 Å². The number of rotatable bonds is 4. The van der Waals surface area contributed by atoms with Crippen LogP contribution in [-0.2, 0) is 0 Å². The number of anilines is 3. The van der Waals surface area contributed by atoms with E-state index in [9.17, 15) is 0 Å². The molecule has 7 heteroatoms. The van der Waals surface area contributed by atoms with Crippen molar-refractivity contribution in [3.05, 3.63) is 44.8 Å². The molecule has 0 bridgehead atoms. The minimum absolute atomic E-state index is 0.469. The Morgan fingerprint density at radius 3 is 2.44 bits per heavy atom. The molecule has 1 aromatic carbocycles. The van der Waals surface area contributed by atoms with E-state index in [1.165, 1.54) is 5.69 Å². The Kier molecular flexibility index (Phi) is 6.14. The number of hydrogen-bond acceptors (Lipinski definition) is 5. The molecule has 1 aromatic heterocycles. The molecule has 1 fully saturated rings. The van der Waals surface area contributed by atoms with Crippen molar-refractivity contribution in [3.8, 4) is 0 Å². The molecule has 0 amide bonds. The molecule has 1 aliphatic rings. The van der Waals surface area contributed by atoms with Gasteiger partial charge in [-0.15, -0.1) is 0 Å². The van der Waals surface area contributed by atoms with Gasteiger partial charge >= 0.3 is 0 Å². The fraction of sp³-hybridized carbons (Fsp3) is 0.333. The van der Waals surface area contributed by atoms with Gasteiger partial charge in [0.1, 0.15) is 5.15 Å². The summed E-state index contributed by atoms with van der Waals surface area (Å²) in [5.41, 5.74) is 3.90. The van der Waals surface area contributed by atoms with E-state index in [2.05, 4.69) is 79.0 Å². The first-order chi connectivity index (χ1) is 12.1. The van der Waals surface area contributed by atoms with Crippen molar-refractivity contribution in [1.29, 1.82) is 0 Å². The van der Waals surface area contributed by atoms with E-state index in [1.807, 2.05) is 17.1 Å². The lowest BCUT2D eigenvalue weighted by Gasteiger charge is -2.34. The molecule has 132 valence electrons. The van der Waals surface area contributed by atoms with Crippen molar-refractivity contribution in [2.45, 2.75) is 6.92 Å². The van der Waals surface area contributed by atoms with E-state index in [-0.39, 0.29) is 0 Å². The van der Waals surface area contributed by atoms with Gasteiger partial charge in [0, 0.05) is 43.1 Å². The number of nitrogens with zero attached hydrogens (tertiary/aromatic N) is 4. The van der Waals surface area contributed by atoms with Gasteiger partial charge < -0.3 is 15.1 Å². The Morgan fingerprint density at radius 1 is 1.12 bits per heavy atom. The number of benzene rings is 1. The highest BCUT2D eigenvalue weighted by molar-refractivity contribution is 14.1. The van der Waals surface area contributed by atoms with Crippen LogP contribution in [0.5, 0.6) is 0 Å². The molecular formula is C18H21ClIN5. The van der Waals surface area contributed by atoms with Crippen LogP contribution in [0.3, 0.4) is 0 Å². The van der Waals surface area contributed by atoms with Crippen LogP contribution >= 0.6 is 34.2 Å². The van der Waals surface area contributed by atoms with Crippen LogP contribution in [-0.4, -0.2) is 48.1 Å². The van der Waals surface area contributed by atoms with Gasteiger partial charge in [0.15, 0.2) is 0 Å². The first-order valence-electron chi connectivity index (χ1n) is 8.18. The smallest absolute Gasteiger partial charge is 0.229 e. The van der Waals surface area contributed by atoms with Gasteiger partial charge in [-0.2, -0.15) is 0 Å². The molecule has 3 rings (SSSR count). The third-order valence-electron chi connectivity index (χ3n) is 4.34. The van der Waals surface area contributed by atoms with Gasteiger partial charge in [0.2, 0.25) is 5.95 Å². The Balaban J connectivity index is 1.73. The number of hydrogen-bond donors (Lipinski definition) is 1. The minimum atomic E-state index is 0.469. The lowest BCUT2D eigenvalue weighted by Crippen LogP contribution is -2.44. The number of aromatic nitrogens is 2. The van der Waals surface area contributed by atoms with Gasteiger partial charge in [0.25, 0.3) is 0 Å². The van der Waals surface area contributed by atoms with Crippen LogP contribution in [0.4, 0.5) is 17.3 Å². The third-order valence-corrected chi connectivity index (χ3v) is 5.06. The Hall–Kier alpha value is -1.38. The summed E-state index contributed by atoms with van der Waals surface area (Å²) in [4.78, 5) is 13.6. The van der Waals surface area contributed by atoms with Gasteiger partial charge in [-0.05, 0) is 48.4 Å². The van der Waals surface area contributed by atoms with Gasteiger partial charge in [-0.1, -0.05) is 34.2 Å². The van der Waals surface area contributed by atoms with Gasteiger partial charge in [0.05, 0.1) is 5.69 Å². The molecule has 0 spiro atoms. The maximum atomic E-state index is 6.22. The maximum absolute atomic E-state index is 6.22. The van der Waals surface area contributed by atoms with Crippen LogP contribution in [0.25, 0.3) is 6.08 Å². The first kappa shape index (κ1) is 18.4. The normalized spacial score (nSPS) is 15.8. The summed E-state index contributed by atoms with van der Waals surface area (Å²) < 4.78 is 1.91. The van der Waals surface area contributed by atoms with Crippen LogP contribution in [0.2, 0.25) is 5.15 Å². The Labute approximate surface area is 167 Å². The molecule has 2 heterocycles. The van der Waals surface area contributed by atoms with Crippen LogP contribution in [0.1, 0.15) is 11.3 Å². The zero-order valence-corrected chi connectivity index (χ0v) is 17.3. The monoisotopic (exact) mass is 469 g/mol. The summed E-state index contributed by atoms with van der Waals surface area (Å²) >= 11 is 8.39. The van der Waals surface area contributed by atoms with Crippen LogP contribution < -0.4 is 10.2 Å². The van der Waals surface area contributed by atoms with Crippen molar-refractivity contribution < 1.29 is 0 Å². The number of likely N-dealkylation sites (N-methyl/N-ethyl adjacent to an activating group) is 1. The molecule has 5 nitrogen and oxygen atoms in total. The standard InChI is InChI=1S/C18H21ClIN5/c1-13-16(7-8-20)22-18(23-17(13)19)21-14-3-5-15(6-4-14)25-11-9-24(2)10-12-25/h3-8H,9-12H2,1-2H3,(H,21,22,23)/b8-7-. The van der Waals surface area contributed by atoms with Gasteiger partial charge in [-0.3, -0.25) is 0 Å². The molecule has 2 aromatic rings. The predicted octanol–water partition coefficient (Wildman–Crippen LogP) is 4.34. The number of halogens is 2. The van der Waals surface area contributed by atoms with Crippen molar-refractivity contribution >= 4 is 57.6 Å². The van der Waals surface area contributed by atoms with Crippen molar-refractivity contribution in [1.82, 2.24) is 14.9 Å². The second kappa shape index (κ2) is 8.33. The van der Waals surface area contributed by atoms with E-state index in [0.717, 1.165) is 43.1 Å². The summed E-state index contributed by atoms with van der Waals surface area (Å²) in [6.45, 7) is 6.24. The molecule has 0 atom stereocenters. The highest BCUT2D eigenvalue weighted by Crippen LogP contribution is 2.24. The van der Waals surface area contributed by atoms with E-state index >= 15 is 0 Å². The third kappa shape index (κ3) is 4.62. The second-order valence-corrected chi connectivity index (χ2v) is 7.18. The lowest BCUT2D eigenvalue weighted by molar-refractivity contribution is 0.313. The molecule has 1 N–H and O–H groups in total. The quantitative estimate of drug-likeness (QED) is 0.533. The van der Waals surface area contributed by atoms with Crippen molar-refractivity contribution in [3.63, 3.8) is 0 Å². The molecule has 25 heavy (non-hydrogen) atoms. The molecule has 1 saturated heterocycles. The summed E-state index contributed by atoms with van der Waals surface area (Å²) in [6, 6.07) is 8.38. The zero-order valence-electron chi connectivity index (χ0n) is 14.3. The SMILES string of the molecule is Cc1c(Cl)nc(Nc2ccc(N3CCN(C)CC3)cc2)nc1/C=C\I. The van der Waals surface area contributed by atoms with E-state index in [1.54, 1.807) is 0 Å². The molecule has 1 aliphatic heterocycles. The molecule has 0 aliphatic carbocycles. The lowest BCUT2D eigenvalue weighted by atomic mass is 10.2. The molecule has 0 unspecified atom stereocenters. The average molecular weight is 470 g/mol. The maximum Gasteiger partial charge on any atom is 0.229 e. The summed E-state index contributed by atoms with van der Waals surface area (Å²) in [5.74, 6) is 0.507. The highest BCUT2D eigenvalue weighted by Gasteiger charge is 2.14. The van der Waals surface area contributed by atoms with Crippen molar-refractivity contribution in [2.75, 3.05) is 43.4 Å². The van der Waals surface area contributed by atoms with E-state index in [4.69, 9.17) is 11.6 Å².